The summed E-state index contributed by atoms with van der Waals surface area (Å²) in [5, 5.41) is 2.90. The lowest BCUT2D eigenvalue weighted by atomic mass is 9.79. The van der Waals surface area contributed by atoms with Crippen LogP contribution in [0.2, 0.25) is 0 Å². The molecule has 1 aromatic rings. The van der Waals surface area contributed by atoms with Crippen molar-refractivity contribution in [2.45, 2.75) is 44.6 Å². The van der Waals surface area contributed by atoms with E-state index in [-0.39, 0.29) is 37.2 Å². The number of alkyl halides is 2. The Morgan fingerprint density at radius 3 is 2.35 bits per heavy atom. The lowest BCUT2D eigenvalue weighted by Crippen LogP contribution is -2.33. The molecule has 112 valence electrons. The Morgan fingerprint density at radius 1 is 1.20 bits per heavy atom. The van der Waals surface area contributed by atoms with Gasteiger partial charge in [0.15, 0.2) is 0 Å². The highest BCUT2D eigenvalue weighted by Crippen LogP contribution is 2.42. The van der Waals surface area contributed by atoms with Crippen LogP contribution in [-0.4, -0.2) is 13.0 Å². The van der Waals surface area contributed by atoms with Gasteiger partial charge in [0.05, 0.1) is 0 Å². The number of benzene rings is 1. The number of rotatable bonds is 3. The van der Waals surface area contributed by atoms with Gasteiger partial charge in [-0.2, -0.15) is 0 Å². The molecule has 1 aliphatic carbocycles. The Bertz CT molecular complexity index is 477. The first-order chi connectivity index (χ1) is 9.35. The van der Waals surface area contributed by atoms with Gasteiger partial charge in [-0.05, 0) is 44.4 Å². The third kappa shape index (κ3) is 2.97. The van der Waals surface area contributed by atoms with Crippen molar-refractivity contribution in [1.29, 1.82) is 0 Å². The molecule has 0 bridgehead atoms. The maximum absolute atomic E-state index is 14.2. The average Bonchev–Trinajstić information content (AvgIpc) is 2.40. The molecule has 0 saturated heterocycles. The summed E-state index contributed by atoms with van der Waals surface area (Å²) in [5.41, 5.74) is 0.338. The Labute approximate surface area is 116 Å². The zero-order valence-electron chi connectivity index (χ0n) is 11.6. The van der Waals surface area contributed by atoms with Gasteiger partial charge in [0.2, 0.25) is 5.92 Å². The first kappa shape index (κ1) is 15.3. The molecule has 0 amide bonds. The van der Waals surface area contributed by atoms with Crippen molar-refractivity contribution in [3.8, 4) is 0 Å². The SMILES string of the molecule is CNC(c1c(F)ccc(C)c1F)C1CCC(F)(F)CC1. The van der Waals surface area contributed by atoms with Crippen molar-refractivity contribution in [2.24, 2.45) is 5.92 Å². The van der Waals surface area contributed by atoms with E-state index in [2.05, 4.69) is 5.32 Å². The van der Waals surface area contributed by atoms with Gasteiger partial charge in [0.1, 0.15) is 11.6 Å². The number of hydrogen-bond donors (Lipinski definition) is 1. The van der Waals surface area contributed by atoms with Crippen LogP contribution in [0.15, 0.2) is 12.1 Å². The molecule has 1 saturated carbocycles. The molecule has 0 aromatic heterocycles. The molecule has 1 aromatic carbocycles. The van der Waals surface area contributed by atoms with Gasteiger partial charge >= 0.3 is 0 Å². The smallest absolute Gasteiger partial charge is 0.248 e. The predicted octanol–water partition coefficient (Wildman–Crippen LogP) is 4.36. The number of halogens is 4. The molecular weight excluding hydrogens is 270 g/mol. The topological polar surface area (TPSA) is 12.0 Å². The van der Waals surface area contributed by atoms with Gasteiger partial charge in [0.25, 0.3) is 0 Å². The van der Waals surface area contributed by atoms with Crippen molar-refractivity contribution in [3.05, 3.63) is 34.9 Å². The van der Waals surface area contributed by atoms with E-state index in [0.29, 0.717) is 5.56 Å². The van der Waals surface area contributed by atoms with Gasteiger partial charge < -0.3 is 5.32 Å². The molecule has 1 unspecified atom stereocenters. The summed E-state index contributed by atoms with van der Waals surface area (Å²) < 4.78 is 54.5. The van der Waals surface area contributed by atoms with Crippen LogP contribution >= 0.6 is 0 Å². The van der Waals surface area contributed by atoms with Crippen LogP contribution in [0.25, 0.3) is 0 Å². The van der Waals surface area contributed by atoms with Crippen molar-refractivity contribution < 1.29 is 17.6 Å². The molecule has 1 N–H and O–H groups in total. The Kier molecular flexibility index (Phi) is 4.37. The molecule has 1 nitrogen and oxygen atoms in total. The molecule has 2 rings (SSSR count). The number of hydrogen-bond acceptors (Lipinski definition) is 1. The van der Waals surface area contributed by atoms with Crippen LogP contribution in [0.4, 0.5) is 17.6 Å². The average molecular weight is 289 g/mol. The van der Waals surface area contributed by atoms with Crippen molar-refractivity contribution in [2.75, 3.05) is 7.05 Å². The molecular formula is C15H19F4N. The maximum atomic E-state index is 14.2. The summed E-state index contributed by atoms with van der Waals surface area (Å²) in [7, 11) is 1.61. The van der Waals surface area contributed by atoms with Gasteiger partial charge in [0, 0.05) is 24.4 Å². The second-order valence-corrected chi connectivity index (χ2v) is 5.55. The van der Waals surface area contributed by atoms with E-state index in [0.717, 1.165) is 0 Å². The van der Waals surface area contributed by atoms with Crippen LogP contribution < -0.4 is 5.32 Å². The summed E-state index contributed by atoms with van der Waals surface area (Å²) in [6.07, 6.45) is 0.104. The van der Waals surface area contributed by atoms with E-state index in [1.165, 1.54) is 12.1 Å². The molecule has 0 heterocycles. The van der Waals surface area contributed by atoms with E-state index >= 15 is 0 Å². The molecule has 0 aliphatic heterocycles. The molecule has 1 atom stereocenters. The highest BCUT2D eigenvalue weighted by atomic mass is 19.3. The lowest BCUT2D eigenvalue weighted by molar-refractivity contribution is -0.0497. The van der Waals surface area contributed by atoms with Crippen molar-refractivity contribution in [3.63, 3.8) is 0 Å². The third-order valence-electron chi connectivity index (χ3n) is 4.17. The minimum Gasteiger partial charge on any atom is -0.313 e. The number of aryl methyl sites for hydroxylation is 1. The van der Waals surface area contributed by atoms with E-state index < -0.39 is 23.6 Å². The second-order valence-electron chi connectivity index (χ2n) is 5.55. The predicted molar refractivity (Wildman–Crippen MR) is 69.8 cm³/mol. The largest absolute Gasteiger partial charge is 0.313 e. The van der Waals surface area contributed by atoms with Crippen LogP contribution in [0.3, 0.4) is 0 Å². The molecule has 20 heavy (non-hydrogen) atoms. The summed E-state index contributed by atoms with van der Waals surface area (Å²) in [5.74, 6) is -4.02. The van der Waals surface area contributed by atoms with Crippen LogP contribution in [-0.2, 0) is 0 Å². The molecule has 1 aliphatic rings. The standard InChI is InChI=1S/C15H19F4N/c1-9-3-4-11(16)12(13(9)17)14(20-2)10-5-7-15(18,19)8-6-10/h3-4,10,14,20H,5-8H2,1-2H3. The minimum atomic E-state index is -2.64. The van der Waals surface area contributed by atoms with Crippen LogP contribution in [0, 0.1) is 24.5 Å². The van der Waals surface area contributed by atoms with E-state index in [4.69, 9.17) is 0 Å². The highest BCUT2D eigenvalue weighted by molar-refractivity contribution is 5.29. The fraction of sp³-hybridized carbons (Fsp3) is 0.600. The first-order valence-electron chi connectivity index (χ1n) is 6.85. The summed E-state index contributed by atoms with van der Waals surface area (Å²) in [4.78, 5) is 0. The second kappa shape index (κ2) is 5.72. The van der Waals surface area contributed by atoms with E-state index in [1.807, 2.05) is 0 Å². The van der Waals surface area contributed by atoms with Crippen molar-refractivity contribution in [1.82, 2.24) is 5.32 Å². The van der Waals surface area contributed by atoms with Crippen LogP contribution in [0.5, 0.6) is 0 Å². The van der Waals surface area contributed by atoms with Crippen molar-refractivity contribution >= 4 is 0 Å². The van der Waals surface area contributed by atoms with E-state index in [1.54, 1.807) is 14.0 Å². The summed E-state index contributed by atoms with van der Waals surface area (Å²) in [6, 6.07) is 2.05. The molecule has 1 fully saturated rings. The summed E-state index contributed by atoms with van der Waals surface area (Å²) in [6.45, 7) is 1.57. The van der Waals surface area contributed by atoms with Gasteiger partial charge in [-0.3, -0.25) is 0 Å². The normalized spacial score (nSPS) is 20.9. The lowest BCUT2D eigenvalue weighted by Gasteiger charge is -2.34. The van der Waals surface area contributed by atoms with Gasteiger partial charge in [-0.1, -0.05) is 6.07 Å². The first-order valence-corrected chi connectivity index (χ1v) is 6.85. The van der Waals surface area contributed by atoms with E-state index in [9.17, 15) is 17.6 Å². The van der Waals surface area contributed by atoms with Gasteiger partial charge in [-0.15, -0.1) is 0 Å². The Balaban J connectivity index is 2.28. The Morgan fingerprint density at radius 2 is 1.80 bits per heavy atom. The van der Waals surface area contributed by atoms with Gasteiger partial charge in [-0.25, -0.2) is 17.6 Å². The maximum Gasteiger partial charge on any atom is 0.248 e. The molecule has 5 heteroatoms. The zero-order chi connectivity index (χ0) is 14.9. The molecule has 0 radical (unpaired) electrons. The van der Waals surface area contributed by atoms with Crippen LogP contribution in [0.1, 0.15) is 42.9 Å². The highest BCUT2D eigenvalue weighted by Gasteiger charge is 2.39. The fourth-order valence-corrected chi connectivity index (χ4v) is 2.97. The zero-order valence-corrected chi connectivity index (χ0v) is 11.6. The monoisotopic (exact) mass is 289 g/mol. The fourth-order valence-electron chi connectivity index (χ4n) is 2.97. The number of nitrogens with one attached hydrogen (secondary N) is 1. The quantitative estimate of drug-likeness (QED) is 0.815. The third-order valence-corrected chi connectivity index (χ3v) is 4.17. The Hall–Kier alpha value is -1.10. The summed E-state index contributed by atoms with van der Waals surface area (Å²) >= 11 is 0. The molecule has 0 spiro atoms. The minimum absolute atomic E-state index is 0.0253.